The third-order valence-electron chi connectivity index (χ3n) is 3.45. The Labute approximate surface area is 118 Å². The molecule has 0 N–H and O–H groups in total. The van der Waals surface area contributed by atoms with Crippen LogP contribution in [0.2, 0.25) is 5.02 Å². The monoisotopic (exact) mass is 288 g/mol. The van der Waals surface area contributed by atoms with Crippen molar-refractivity contribution in [2.24, 2.45) is 0 Å². The van der Waals surface area contributed by atoms with Gasteiger partial charge in [-0.15, -0.1) is 11.3 Å². The van der Waals surface area contributed by atoms with Gasteiger partial charge >= 0.3 is 0 Å². The second-order valence-electron chi connectivity index (χ2n) is 4.53. The Morgan fingerprint density at radius 2 is 2.21 bits per heavy atom. The Balaban J connectivity index is 2.14. The van der Waals surface area contributed by atoms with E-state index in [0.29, 0.717) is 18.0 Å². The molecule has 0 spiro atoms. The fraction of sp³-hybridized carbons (Fsp3) is 0.143. The van der Waals surface area contributed by atoms with Crippen LogP contribution in [0.1, 0.15) is 16.8 Å². The van der Waals surface area contributed by atoms with Gasteiger partial charge in [0.25, 0.3) is 0 Å². The van der Waals surface area contributed by atoms with Crippen LogP contribution in [0.3, 0.4) is 0 Å². The highest BCUT2D eigenvalue weighted by atomic mass is 35.5. The number of rotatable bonds is 1. The summed E-state index contributed by atoms with van der Waals surface area (Å²) >= 11 is 7.87. The number of halogens is 1. The molecule has 2 aromatic heterocycles. The normalized spacial score (nSPS) is 14.3. The van der Waals surface area contributed by atoms with Crippen molar-refractivity contribution in [1.82, 2.24) is 9.55 Å². The van der Waals surface area contributed by atoms with Gasteiger partial charge in [-0.25, -0.2) is 4.98 Å². The van der Waals surface area contributed by atoms with Gasteiger partial charge in [-0.05, 0) is 23.6 Å². The van der Waals surface area contributed by atoms with Gasteiger partial charge in [0.05, 0.1) is 15.4 Å². The molecule has 0 aliphatic carbocycles. The molecule has 19 heavy (non-hydrogen) atoms. The van der Waals surface area contributed by atoms with E-state index in [1.54, 1.807) is 17.4 Å². The van der Waals surface area contributed by atoms with Gasteiger partial charge in [0.15, 0.2) is 11.6 Å². The maximum absolute atomic E-state index is 12.0. The van der Waals surface area contributed by atoms with Crippen molar-refractivity contribution >= 4 is 39.8 Å². The Morgan fingerprint density at radius 1 is 1.32 bits per heavy atom. The van der Waals surface area contributed by atoms with Gasteiger partial charge in [-0.1, -0.05) is 17.7 Å². The van der Waals surface area contributed by atoms with Gasteiger partial charge < -0.3 is 4.57 Å². The number of carbonyl (C=O) groups excluding carboxylic acids is 1. The van der Waals surface area contributed by atoms with Crippen LogP contribution in [-0.4, -0.2) is 15.3 Å². The van der Waals surface area contributed by atoms with Gasteiger partial charge in [-0.2, -0.15) is 0 Å². The van der Waals surface area contributed by atoms with Crippen molar-refractivity contribution in [3.63, 3.8) is 0 Å². The van der Waals surface area contributed by atoms with Gasteiger partial charge in [0.1, 0.15) is 5.52 Å². The van der Waals surface area contributed by atoms with Crippen molar-refractivity contribution in [3.05, 3.63) is 40.2 Å². The molecule has 4 rings (SSSR count). The summed E-state index contributed by atoms with van der Waals surface area (Å²) in [4.78, 5) is 17.8. The van der Waals surface area contributed by atoms with E-state index < -0.39 is 0 Å². The van der Waals surface area contributed by atoms with Crippen molar-refractivity contribution in [2.45, 2.75) is 13.0 Å². The minimum atomic E-state index is 0.173. The highest BCUT2D eigenvalue weighted by Crippen LogP contribution is 2.35. The molecule has 94 valence electrons. The number of ketones is 1. The highest BCUT2D eigenvalue weighted by molar-refractivity contribution is 7.13. The average molecular weight is 289 g/mol. The van der Waals surface area contributed by atoms with E-state index in [4.69, 9.17) is 11.6 Å². The number of nitrogens with zero attached hydrogens (tertiary/aromatic N) is 2. The lowest BCUT2D eigenvalue weighted by atomic mass is 10.0. The van der Waals surface area contributed by atoms with Gasteiger partial charge in [-0.3, -0.25) is 4.79 Å². The summed E-state index contributed by atoms with van der Waals surface area (Å²) in [7, 11) is 0. The first-order valence-corrected chi connectivity index (χ1v) is 7.27. The second-order valence-corrected chi connectivity index (χ2v) is 5.88. The topological polar surface area (TPSA) is 34.9 Å². The minimum Gasteiger partial charge on any atom is -0.322 e. The summed E-state index contributed by atoms with van der Waals surface area (Å²) in [5.41, 5.74) is 2.35. The maximum Gasteiger partial charge on any atom is 0.166 e. The SMILES string of the molecule is O=C1CCn2c(-c3cccs3)nc3c(Cl)ccc1c32. The Morgan fingerprint density at radius 3 is 3.00 bits per heavy atom. The van der Waals surface area contributed by atoms with E-state index in [1.165, 1.54) is 0 Å². The van der Waals surface area contributed by atoms with Crippen LogP contribution in [-0.2, 0) is 6.54 Å². The first-order chi connectivity index (χ1) is 9.25. The molecule has 0 amide bonds. The molecule has 0 fully saturated rings. The molecule has 0 radical (unpaired) electrons. The van der Waals surface area contributed by atoms with E-state index in [0.717, 1.165) is 27.3 Å². The number of hydrogen-bond acceptors (Lipinski definition) is 3. The molecular weight excluding hydrogens is 280 g/mol. The molecule has 1 aliphatic heterocycles. The summed E-state index contributed by atoms with van der Waals surface area (Å²) < 4.78 is 2.11. The van der Waals surface area contributed by atoms with Crippen LogP contribution in [0.15, 0.2) is 29.6 Å². The molecule has 0 bridgehead atoms. The van der Waals surface area contributed by atoms with E-state index in [9.17, 15) is 4.79 Å². The second kappa shape index (κ2) is 3.92. The standard InChI is InChI=1S/C14H9ClN2OS/c15-9-4-3-8-10(18)5-6-17-13(8)12(9)16-14(17)11-2-1-7-19-11/h1-4,7H,5-6H2. The van der Waals surface area contributed by atoms with Crippen molar-refractivity contribution in [3.8, 4) is 10.7 Å². The van der Waals surface area contributed by atoms with E-state index in [1.807, 2.05) is 23.6 Å². The van der Waals surface area contributed by atoms with Crippen molar-refractivity contribution in [2.75, 3.05) is 0 Å². The number of imidazole rings is 1. The summed E-state index contributed by atoms with van der Waals surface area (Å²) in [5.74, 6) is 1.08. The number of aryl methyl sites for hydroxylation is 1. The third-order valence-corrected chi connectivity index (χ3v) is 4.62. The maximum atomic E-state index is 12.0. The van der Waals surface area contributed by atoms with Crippen LogP contribution in [0.4, 0.5) is 0 Å². The van der Waals surface area contributed by atoms with Crippen LogP contribution in [0.5, 0.6) is 0 Å². The first-order valence-electron chi connectivity index (χ1n) is 6.01. The number of aromatic nitrogens is 2. The lowest BCUT2D eigenvalue weighted by Gasteiger charge is -2.15. The zero-order chi connectivity index (χ0) is 13.0. The lowest BCUT2D eigenvalue weighted by molar-refractivity contribution is 0.0973. The zero-order valence-corrected chi connectivity index (χ0v) is 11.5. The molecule has 5 heteroatoms. The lowest BCUT2D eigenvalue weighted by Crippen LogP contribution is -2.14. The van der Waals surface area contributed by atoms with E-state index in [-0.39, 0.29) is 5.78 Å². The zero-order valence-electron chi connectivity index (χ0n) is 9.89. The quantitative estimate of drug-likeness (QED) is 0.678. The molecule has 3 aromatic rings. The third kappa shape index (κ3) is 1.50. The molecule has 3 nitrogen and oxygen atoms in total. The van der Waals surface area contributed by atoms with Crippen molar-refractivity contribution in [1.29, 1.82) is 0 Å². The molecular formula is C14H9ClN2OS. The number of carbonyl (C=O) groups is 1. The Kier molecular flexibility index (Phi) is 2.31. The van der Waals surface area contributed by atoms with Gasteiger partial charge in [0.2, 0.25) is 0 Å². The predicted octanol–water partition coefficient (Wildman–Crippen LogP) is 4.00. The molecule has 0 saturated carbocycles. The predicted molar refractivity (Wildman–Crippen MR) is 77.0 cm³/mol. The van der Waals surface area contributed by atoms with Crippen LogP contribution < -0.4 is 0 Å². The molecule has 0 saturated heterocycles. The molecule has 0 unspecified atom stereocenters. The summed E-state index contributed by atoms with van der Waals surface area (Å²) in [6.45, 7) is 0.676. The summed E-state index contributed by atoms with van der Waals surface area (Å²) in [6.07, 6.45) is 0.526. The van der Waals surface area contributed by atoms with Gasteiger partial charge in [0, 0.05) is 18.5 Å². The fourth-order valence-electron chi connectivity index (χ4n) is 2.59. The summed E-state index contributed by atoms with van der Waals surface area (Å²) in [6, 6.07) is 7.61. The minimum absolute atomic E-state index is 0.173. The Hall–Kier alpha value is -1.65. The van der Waals surface area contributed by atoms with Crippen LogP contribution in [0.25, 0.3) is 21.7 Å². The smallest absolute Gasteiger partial charge is 0.166 e. The molecule has 3 heterocycles. The van der Waals surface area contributed by atoms with Crippen molar-refractivity contribution < 1.29 is 4.79 Å². The largest absolute Gasteiger partial charge is 0.322 e. The molecule has 1 aliphatic rings. The molecule has 0 atom stereocenters. The van der Waals surface area contributed by atoms with E-state index in [2.05, 4.69) is 9.55 Å². The first kappa shape index (κ1) is 11.2. The van der Waals surface area contributed by atoms with E-state index >= 15 is 0 Å². The van der Waals surface area contributed by atoms with Crippen LogP contribution >= 0.6 is 22.9 Å². The number of benzene rings is 1. The fourth-order valence-corrected chi connectivity index (χ4v) is 3.51. The average Bonchev–Trinajstić information content (AvgIpc) is 3.04. The number of thiophene rings is 1. The summed E-state index contributed by atoms with van der Waals surface area (Å²) in [5, 5.41) is 2.63. The Bertz CT molecular complexity index is 805. The number of Topliss-reactive ketones (excluding diaryl/α,β-unsaturated/α-hetero) is 1. The highest BCUT2D eigenvalue weighted by Gasteiger charge is 2.25. The number of hydrogen-bond donors (Lipinski definition) is 0. The van der Waals surface area contributed by atoms with Crippen LogP contribution in [0, 0.1) is 0 Å². The molecule has 1 aromatic carbocycles.